The Morgan fingerprint density at radius 3 is 1.67 bits per heavy atom. The Balaban J connectivity index is 1.61. The van der Waals surface area contributed by atoms with E-state index in [1.807, 2.05) is 0 Å². The van der Waals surface area contributed by atoms with Crippen LogP contribution in [-0.4, -0.2) is 163 Å². The zero-order chi connectivity index (χ0) is 24.4. The topological polar surface area (TPSA) is 248 Å². The van der Waals surface area contributed by atoms with Gasteiger partial charge in [0.2, 0.25) is 0 Å². The summed E-state index contributed by atoms with van der Waals surface area (Å²) in [6.45, 7) is -2.14. The van der Waals surface area contributed by atoms with Gasteiger partial charge in [-0.25, -0.2) is 0 Å². The molecule has 10 N–H and O–H groups in total. The second-order valence-corrected chi connectivity index (χ2v) is 8.26. The molecular formula is C18H32O15. The normalized spacial score (nSPS) is 51.5. The summed E-state index contributed by atoms with van der Waals surface area (Å²) >= 11 is 0. The smallest absolute Gasteiger partial charge is 0.187 e. The van der Waals surface area contributed by atoms with Crippen molar-refractivity contribution in [2.24, 2.45) is 0 Å². The van der Waals surface area contributed by atoms with Crippen LogP contribution < -0.4 is 0 Å². The fourth-order valence-electron chi connectivity index (χ4n) is 3.90. The van der Waals surface area contributed by atoms with Crippen molar-refractivity contribution in [3.05, 3.63) is 0 Å². The van der Waals surface area contributed by atoms with E-state index >= 15 is 0 Å². The van der Waals surface area contributed by atoms with Gasteiger partial charge >= 0.3 is 0 Å². The first-order valence-corrected chi connectivity index (χ1v) is 10.5. The van der Waals surface area contributed by atoms with E-state index in [0.29, 0.717) is 0 Å². The Morgan fingerprint density at radius 2 is 1.12 bits per heavy atom. The molecule has 3 fully saturated rings. The molecule has 0 aromatic carbocycles. The summed E-state index contributed by atoms with van der Waals surface area (Å²) in [4.78, 5) is 0. The zero-order valence-corrected chi connectivity index (χ0v) is 17.4. The van der Waals surface area contributed by atoms with Crippen LogP contribution in [0.4, 0.5) is 0 Å². The molecule has 0 radical (unpaired) electrons. The molecule has 15 heteroatoms. The highest BCUT2D eigenvalue weighted by Crippen LogP contribution is 2.28. The predicted molar refractivity (Wildman–Crippen MR) is 100 cm³/mol. The van der Waals surface area contributed by atoms with Crippen LogP contribution in [0.1, 0.15) is 0 Å². The Labute approximate surface area is 187 Å². The van der Waals surface area contributed by atoms with Crippen molar-refractivity contribution in [2.45, 2.75) is 85.8 Å². The number of aliphatic hydroxyl groups is 10. The third-order valence-corrected chi connectivity index (χ3v) is 5.99. The molecule has 3 rings (SSSR count). The van der Waals surface area contributed by atoms with E-state index in [2.05, 4.69) is 0 Å². The summed E-state index contributed by atoms with van der Waals surface area (Å²) in [6.07, 6.45) is -21.1. The minimum atomic E-state index is -1.76. The molecule has 13 unspecified atom stereocenters. The molecule has 194 valence electrons. The number of hydrogen-bond acceptors (Lipinski definition) is 15. The first kappa shape index (κ1) is 27.0. The van der Waals surface area contributed by atoms with Crippen molar-refractivity contribution in [1.82, 2.24) is 0 Å². The van der Waals surface area contributed by atoms with E-state index in [1.165, 1.54) is 0 Å². The molecule has 15 nitrogen and oxygen atoms in total. The molecule has 3 saturated heterocycles. The van der Waals surface area contributed by atoms with Gasteiger partial charge in [0.15, 0.2) is 12.6 Å². The highest BCUT2D eigenvalue weighted by molar-refractivity contribution is 4.93. The fourth-order valence-corrected chi connectivity index (χ4v) is 3.90. The zero-order valence-electron chi connectivity index (χ0n) is 17.4. The van der Waals surface area contributed by atoms with Gasteiger partial charge in [-0.2, -0.15) is 0 Å². The third-order valence-electron chi connectivity index (χ3n) is 5.99. The second-order valence-electron chi connectivity index (χ2n) is 8.26. The second kappa shape index (κ2) is 11.4. The SMILES string of the molecule is OCC1OC(OCC2OCC(O)C(OC3OC(CO)C(O)C(O)C3O)[C@@H]2O)C(O)C(O)C1O. The number of hydrogen-bond donors (Lipinski definition) is 10. The molecule has 3 aliphatic heterocycles. The minimum Gasteiger partial charge on any atom is -0.394 e. The van der Waals surface area contributed by atoms with E-state index in [-0.39, 0.29) is 6.61 Å². The summed E-state index contributed by atoms with van der Waals surface area (Å²) in [5, 5.41) is 98.8. The lowest BCUT2D eigenvalue weighted by molar-refractivity contribution is -0.340. The van der Waals surface area contributed by atoms with Crippen molar-refractivity contribution in [1.29, 1.82) is 0 Å². The van der Waals surface area contributed by atoms with Crippen LogP contribution in [0, 0.1) is 0 Å². The van der Waals surface area contributed by atoms with Crippen LogP contribution in [0.25, 0.3) is 0 Å². The maximum Gasteiger partial charge on any atom is 0.187 e. The van der Waals surface area contributed by atoms with E-state index < -0.39 is 106 Å². The Kier molecular flexibility index (Phi) is 9.35. The van der Waals surface area contributed by atoms with E-state index in [1.54, 1.807) is 0 Å². The highest BCUT2D eigenvalue weighted by atomic mass is 16.7. The molecule has 0 aromatic rings. The lowest BCUT2D eigenvalue weighted by Gasteiger charge is -2.44. The minimum absolute atomic E-state index is 0.345. The van der Waals surface area contributed by atoms with Crippen molar-refractivity contribution in [3.8, 4) is 0 Å². The molecule has 33 heavy (non-hydrogen) atoms. The van der Waals surface area contributed by atoms with Crippen LogP contribution in [0.5, 0.6) is 0 Å². The summed E-state index contributed by atoms with van der Waals surface area (Å²) in [5.41, 5.74) is 0. The highest BCUT2D eigenvalue weighted by Gasteiger charge is 2.49. The summed E-state index contributed by atoms with van der Waals surface area (Å²) in [5.74, 6) is 0. The van der Waals surface area contributed by atoms with Gasteiger partial charge in [0.25, 0.3) is 0 Å². The summed E-state index contributed by atoms with van der Waals surface area (Å²) < 4.78 is 26.6. The van der Waals surface area contributed by atoms with Crippen molar-refractivity contribution >= 4 is 0 Å². The summed E-state index contributed by atoms with van der Waals surface area (Å²) in [6, 6.07) is 0. The number of rotatable bonds is 7. The van der Waals surface area contributed by atoms with E-state index in [0.717, 1.165) is 0 Å². The maximum absolute atomic E-state index is 10.6. The van der Waals surface area contributed by atoms with Crippen molar-refractivity contribution < 1.29 is 74.7 Å². The maximum atomic E-state index is 10.6. The fraction of sp³-hybridized carbons (Fsp3) is 1.00. The quantitative estimate of drug-likeness (QED) is 0.160. The van der Waals surface area contributed by atoms with Crippen molar-refractivity contribution in [2.75, 3.05) is 26.4 Å². The van der Waals surface area contributed by atoms with Crippen molar-refractivity contribution in [3.63, 3.8) is 0 Å². The first-order chi connectivity index (χ1) is 15.6. The largest absolute Gasteiger partial charge is 0.394 e. The molecule has 0 aromatic heterocycles. The Bertz CT molecular complexity index is 607. The average Bonchev–Trinajstić information content (AvgIpc) is 2.80. The lowest BCUT2D eigenvalue weighted by Crippen LogP contribution is -2.63. The number of ether oxygens (including phenoxy) is 5. The van der Waals surface area contributed by atoms with Gasteiger partial charge in [-0.1, -0.05) is 0 Å². The van der Waals surface area contributed by atoms with Crippen LogP contribution in [-0.2, 0) is 23.7 Å². The lowest BCUT2D eigenvalue weighted by atomic mass is 9.97. The van der Waals surface area contributed by atoms with Crippen LogP contribution in [0.15, 0.2) is 0 Å². The van der Waals surface area contributed by atoms with Gasteiger partial charge in [-0.3, -0.25) is 0 Å². The Morgan fingerprint density at radius 1 is 0.606 bits per heavy atom. The van der Waals surface area contributed by atoms with Gasteiger partial charge in [-0.05, 0) is 0 Å². The average molecular weight is 488 g/mol. The number of aliphatic hydroxyl groups excluding tert-OH is 10. The van der Waals surface area contributed by atoms with Crippen LogP contribution in [0.2, 0.25) is 0 Å². The first-order valence-electron chi connectivity index (χ1n) is 10.5. The van der Waals surface area contributed by atoms with Gasteiger partial charge in [0, 0.05) is 0 Å². The van der Waals surface area contributed by atoms with E-state index in [4.69, 9.17) is 23.7 Å². The standard InChI is InChI=1S/C18H32O15/c19-1-6-9(22)12(25)14(27)17(31-6)30-4-8-11(24)16(5(21)3-29-8)33-18-15(28)13(26)10(23)7(2-20)32-18/h5-28H,1-4H2/t5?,6?,7?,8?,9?,10?,11-,12?,13?,14?,15?,16?,17?,18?/m1/s1. The Hall–Kier alpha value is -0.600. The summed E-state index contributed by atoms with van der Waals surface area (Å²) in [7, 11) is 0. The molecular weight excluding hydrogens is 456 g/mol. The van der Waals surface area contributed by atoms with Crippen LogP contribution in [0.3, 0.4) is 0 Å². The molecule has 3 heterocycles. The molecule has 0 bridgehead atoms. The van der Waals surface area contributed by atoms with Crippen LogP contribution >= 0.6 is 0 Å². The molecule has 14 atom stereocenters. The van der Waals surface area contributed by atoms with Gasteiger partial charge in [0.05, 0.1) is 26.4 Å². The molecule has 0 spiro atoms. The van der Waals surface area contributed by atoms with Gasteiger partial charge in [-0.15, -0.1) is 0 Å². The third kappa shape index (κ3) is 5.64. The predicted octanol–water partition coefficient (Wildman–Crippen LogP) is -6.89. The van der Waals surface area contributed by atoms with Gasteiger partial charge in [0.1, 0.15) is 73.2 Å². The molecule has 3 aliphatic rings. The molecule has 0 saturated carbocycles. The monoisotopic (exact) mass is 488 g/mol. The molecule has 0 aliphatic carbocycles. The molecule has 0 amide bonds. The van der Waals surface area contributed by atoms with Gasteiger partial charge < -0.3 is 74.7 Å². The van der Waals surface area contributed by atoms with E-state index in [9.17, 15) is 51.1 Å².